The number of rotatable bonds is 3. The van der Waals surface area contributed by atoms with E-state index in [1.807, 2.05) is 6.07 Å². The van der Waals surface area contributed by atoms with E-state index in [2.05, 4.69) is 52.2 Å². The molecule has 0 radical (unpaired) electrons. The summed E-state index contributed by atoms with van der Waals surface area (Å²) in [4.78, 5) is 11.2. The Morgan fingerprint density at radius 3 is 2.52 bits per heavy atom. The molecule has 1 aromatic heterocycles. The number of nitrogens with zero attached hydrogens (tertiary/aromatic N) is 3. The Balaban J connectivity index is 1.83. The molecule has 110 valence electrons. The van der Waals surface area contributed by atoms with E-state index in [9.17, 15) is 0 Å². The Morgan fingerprint density at radius 2 is 1.81 bits per heavy atom. The third kappa shape index (κ3) is 3.13. The molecule has 0 amide bonds. The number of para-hydroxylation sites is 1. The molecule has 0 saturated carbocycles. The molecule has 0 aliphatic carbocycles. The van der Waals surface area contributed by atoms with Crippen LogP contribution in [0.5, 0.6) is 0 Å². The topological polar surface area (TPSA) is 50.3 Å². The van der Waals surface area contributed by atoms with Gasteiger partial charge in [-0.2, -0.15) is 4.98 Å². The third-order valence-electron chi connectivity index (χ3n) is 3.69. The first-order chi connectivity index (χ1) is 10.2. The molecule has 0 unspecified atom stereocenters. The number of ether oxygens (including phenoxy) is 1. The standard InChI is InChI=1S/C16H20N4O/c1-12-4-3-5-13(2)15(12)19-16-17-7-6-14(18-16)20-8-10-21-11-9-20/h3-7H,8-11H2,1-2H3,(H,17,18,19). The Morgan fingerprint density at radius 1 is 1.10 bits per heavy atom. The predicted molar refractivity (Wildman–Crippen MR) is 84.3 cm³/mol. The van der Waals surface area contributed by atoms with E-state index in [1.165, 1.54) is 11.1 Å². The number of morpholine rings is 1. The molecule has 21 heavy (non-hydrogen) atoms. The molecule has 0 bridgehead atoms. The van der Waals surface area contributed by atoms with E-state index in [0.717, 1.165) is 37.8 Å². The molecule has 5 heteroatoms. The van der Waals surface area contributed by atoms with Gasteiger partial charge in [-0.05, 0) is 31.0 Å². The van der Waals surface area contributed by atoms with Crippen molar-refractivity contribution in [1.82, 2.24) is 9.97 Å². The third-order valence-corrected chi connectivity index (χ3v) is 3.69. The maximum Gasteiger partial charge on any atom is 0.229 e. The summed E-state index contributed by atoms with van der Waals surface area (Å²) in [6.45, 7) is 7.43. The molecular weight excluding hydrogens is 264 g/mol. The summed E-state index contributed by atoms with van der Waals surface area (Å²) in [5.41, 5.74) is 3.46. The normalized spacial score (nSPS) is 15.0. The van der Waals surface area contributed by atoms with Crippen LogP contribution in [0, 0.1) is 13.8 Å². The highest BCUT2D eigenvalue weighted by Gasteiger charge is 2.13. The van der Waals surface area contributed by atoms with Gasteiger partial charge in [-0.25, -0.2) is 4.98 Å². The van der Waals surface area contributed by atoms with E-state index in [4.69, 9.17) is 4.74 Å². The smallest absolute Gasteiger partial charge is 0.229 e. The molecule has 2 aromatic rings. The fraction of sp³-hybridized carbons (Fsp3) is 0.375. The molecule has 1 N–H and O–H groups in total. The van der Waals surface area contributed by atoms with Crippen molar-refractivity contribution >= 4 is 17.5 Å². The van der Waals surface area contributed by atoms with Crippen LogP contribution in [-0.2, 0) is 4.74 Å². The average molecular weight is 284 g/mol. The van der Waals surface area contributed by atoms with Crippen molar-refractivity contribution < 1.29 is 4.74 Å². The molecule has 1 aromatic carbocycles. The summed E-state index contributed by atoms with van der Waals surface area (Å²) in [6, 6.07) is 8.17. The highest BCUT2D eigenvalue weighted by molar-refractivity contribution is 5.63. The summed E-state index contributed by atoms with van der Waals surface area (Å²) in [5.74, 6) is 1.58. The lowest BCUT2D eigenvalue weighted by molar-refractivity contribution is 0.122. The van der Waals surface area contributed by atoms with Gasteiger partial charge in [0.05, 0.1) is 13.2 Å². The molecule has 0 spiro atoms. The summed E-state index contributed by atoms with van der Waals surface area (Å²) < 4.78 is 5.38. The van der Waals surface area contributed by atoms with Crippen LogP contribution in [0.4, 0.5) is 17.5 Å². The van der Waals surface area contributed by atoms with Gasteiger partial charge in [-0.15, -0.1) is 0 Å². The fourth-order valence-corrected chi connectivity index (χ4v) is 2.50. The van der Waals surface area contributed by atoms with Crippen molar-refractivity contribution in [3.05, 3.63) is 41.6 Å². The zero-order valence-corrected chi connectivity index (χ0v) is 12.5. The van der Waals surface area contributed by atoms with E-state index in [0.29, 0.717) is 5.95 Å². The molecule has 3 rings (SSSR count). The molecule has 1 aliphatic rings. The van der Waals surface area contributed by atoms with E-state index in [1.54, 1.807) is 6.20 Å². The van der Waals surface area contributed by atoms with Crippen LogP contribution in [-0.4, -0.2) is 36.3 Å². The Hall–Kier alpha value is -2.14. The number of aromatic nitrogens is 2. The lowest BCUT2D eigenvalue weighted by Gasteiger charge is -2.27. The number of hydrogen-bond acceptors (Lipinski definition) is 5. The molecule has 5 nitrogen and oxygen atoms in total. The summed E-state index contributed by atoms with van der Waals surface area (Å²) >= 11 is 0. The van der Waals surface area contributed by atoms with Gasteiger partial charge in [0.15, 0.2) is 0 Å². The summed E-state index contributed by atoms with van der Waals surface area (Å²) in [7, 11) is 0. The van der Waals surface area contributed by atoms with Crippen LogP contribution >= 0.6 is 0 Å². The minimum absolute atomic E-state index is 0.636. The maximum absolute atomic E-state index is 5.38. The first kappa shape index (κ1) is 13.8. The molecule has 0 atom stereocenters. The van der Waals surface area contributed by atoms with Gasteiger partial charge in [0, 0.05) is 25.0 Å². The highest BCUT2D eigenvalue weighted by Crippen LogP contribution is 2.23. The van der Waals surface area contributed by atoms with E-state index < -0.39 is 0 Å². The van der Waals surface area contributed by atoms with Crippen molar-refractivity contribution in [2.75, 3.05) is 36.5 Å². The van der Waals surface area contributed by atoms with Gasteiger partial charge >= 0.3 is 0 Å². The van der Waals surface area contributed by atoms with Crippen molar-refractivity contribution in [2.24, 2.45) is 0 Å². The predicted octanol–water partition coefficient (Wildman–Crippen LogP) is 2.67. The second-order valence-corrected chi connectivity index (χ2v) is 5.23. The molecule has 1 aliphatic heterocycles. The Bertz CT molecular complexity index is 603. The van der Waals surface area contributed by atoms with E-state index >= 15 is 0 Å². The summed E-state index contributed by atoms with van der Waals surface area (Å²) in [5, 5.41) is 3.34. The largest absolute Gasteiger partial charge is 0.378 e. The first-order valence-corrected chi connectivity index (χ1v) is 7.23. The molecule has 1 saturated heterocycles. The second kappa shape index (κ2) is 6.10. The lowest BCUT2D eigenvalue weighted by Crippen LogP contribution is -2.36. The number of nitrogens with one attached hydrogen (secondary N) is 1. The van der Waals surface area contributed by atoms with Crippen molar-refractivity contribution in [3.8, 4) is 0 Å². The number of hydrogen-bond donors (Lipinski definition) is 1. The quantitative estimate of drug-likeness (QED) is 0.939. The molecule has 1 fully saturated rings. The van der Waals surface area contributed by atoms with E-state index in [-0.39, 0.29) is 0 Å². The van der Waals surface area contributed by atoms with Gasteiger partial charge in [0.2, 0.25) is 5.95 Å². The average Bonchev–Trinajstić information content (AvgIpc) is 2.52. The van der Waals surface area contributed by atoms with Crippen LogP contribution in [0.2, 0.25) is 0 Å². The SMILES string of the molecule is Cc1cccc(C)c1Nc1nccc(N2CCOCC2)n1. The van der Waals surface area contributed by atoms with Crippen LogP contribution in [0.3, 0.4) is 0 Å². The van der Waals surface area contributed by atoms with Crippen LogP contribution < -0.4 is 10.2 Å². The van der Waals surface area contributed by atoms with Crippen molar-refractivity contribution in [2.45, 2.75) is 13.8 Å². The van der Waals surface area contributed by atoms with Crippen LogP contribution in [0.25, 0.3) is 0 Å². The van der Waals surface area contributed by atoms with Gasteiger partial charge < -0.3 is 15.0 Å². The highest BCUT2D eigenvalue weighted by atomic mass is 16.5. The monoisotopic (exact) mass is 284 g/mol. The number of anilines is 3. The lowest BCUT2D eigenvalue weighted by atomic mass is 10.1. The van der Waals surface area contributed by atoms with Gasteiger partial charge in [-0.1, -0.05) is 18.2 Å². The molecule has 2 heterocycles. The number of aryl methyl sites for hydroxylation is 2. The molecular formula is C16H20N4O. The first-order valence-electron chi connectivity index (χ1n) is 7.23. The maximum atomic E-state index is 5.38. The zero-order valence-electron chi connectivity index (χ0n) is 12.5. The fourth-order valence-electron chi connectivity index (χ4n) is 2.50. The van der Waals surface area contributed by atoms with Gasteiger partial charge in [-0.3, -0.25) is 0 Å². The Kier molecular flexibility index (Phi) is 4.01. The summed E-state index contributed by atoms with van der Waals surface area (Å²) in [6.07, 6.45) is 1.80. The van der Waals surface area contributed by atoms with Gasteiger partial charge in [0.25, 0.3) is 0 Å². The van der Waals surface area contributed by atoms with Gasteiger partial charge in [0.1, 0.15) is 5.82 Å². The Labute approximate surface area is 125 Å². The van der Waals surface area contributed by atoms with Crippen LogP contribution in [0.15, 0.2) is 30.5 Å². The minimum Gasteiger partial charge on any atom is -0.378 e. The second-order valence-electron chi connectivity index (χ2n) is 5.23. The van der Waals surface area contributed by atoms with Crippen molar-refractivity contribution in [3.63, 3.8) is 0 Å². The number of benzene rings is 1. The minimum atomic E-state index is 0.636. The van der Waals surface area contributed by atoms with Crippen molar-refractivity contribution in [1.29, 1.82) is 0 Å². The van der Waals surface area contributed by atoms with Crippen LogP contribution in [0.1, 0.15) is 11.1 Å². The zero-order chi connectivity index (χ0) is 14.7.